The molecule has 3 rings (SSSR count). The molecular formula is C22H25NO4. The van der Waals surface area contributed by atoms with Crippen LogP contribution in [0, 0.1) is 5.92 Å². The second kappa shape index (κ2) is 8.25. The second-order valence-corrected chi connectivity index (χ2v) is 7.39. The number of carboxylic acid groups (broad SMARTS) is 1. The van der Waals surface area contributed by atoms with E-state index in [4.69, 9.17) is 9.84 Å². The Kier molecular flexibility index (Phi) is 5.79. The molecule has 0 unspecified atom stereocenters. The van der Waals surface area contributed by atoms with Crippen molar-refractivity contribution < 1.29 is 19.4 Å². The molecule has 0 spiro atoms. The van der Waals surface area contributed by atoms with E-state index in [9.17, 15) is 9.59 Å². The predicted octanol–water partition coefficient (Wildman–Crippen LogP) is 4.41. The third-order valence-electron chi connectivity index (χ3n) is 4.84. The normalized spacial score (nSPS) is 13.7. The minimum absolute atomic E-state index is 0.00817. The van der Waals surface area contributed by atoms with Gasteiger partial charge in [0, 0.05) is 12.0 Å². The molecule has 0 aromatic heterocycles. The number of carboxylic acids is 1. The number of alkyl carbamates (subject to hydrolysis) is 1. The summed E-state index contributed by atoms with van der Waals surface area (Å²) in [7, 11) is 0. The largest absolute Gasteiger partial charge is 0.481 e. The van der Waals surface area contributed by atoms with Gasteiger partial charge in [-0.3, -0.25) is 4.79 Å². The Morgan fingerprint density at radius 3 is 2.11 bits per heavy atom. The monoisotopic (exact) mass is 367 g/mol. The van der Waals surface area contributed by atoms with Crippen LogP contribution in [0.5, 0.6) is 0 Å². The first-order valence-corrected chi connectivity index (χ1v) is 9.29. The van der Waals surface area contributed by atoms with Crippen molar-refractivity contribution in [3.8, 4) is 11.1 Å². The smallest absolute Gasteiger partial charge is 0.407 e. The molecule has 5 nitrogen and oxygen atoms in total. The van der Waals surface area contributed by atoms with Crippen molar-refractivity contribution in [2.75, 3.05) is 6.61 Å². The van der Waals surface area contributed by atoms with Gasteiger partial charge in [-0.25, -0.2) is 4.79 Å². The number of hydrogen-bond acceptors (Lipinski definition) is 3. The summed E-state index contributed by atoms with van der Waals surface area (Å²) in [6, 6.07) is 15.9. The molecule has 0 fully saturated rings. The Labute approximate surface area is 159 Å². The van der Waals surface area contributed by atoms with E-state index in [1.54, 1.807) is 0 Å². The number of fused-ring (bicyclic) bond motifs is 3. The van der Waals surface area contributed by atoms with Crippen LogP contribution in [0.4, 0.5) is 4.79 Å². The van der Waals surface area contributed by atoms with Gasteiger partial charge in [0.25, 0.3) is 0 Å². The first-order chi connectivity index (χ1) is 13.0. The van der Waals surface area contributed by atoms with Gasteiger partial charge < -0.3 is 15.2 Å². The molecule has 0 saturated heterocycles. The Bertz CT molecular complexity index is 785. The van der Waals surface area contributed by atoms with Gasteiger partial charge in [0.1, 0.15) is 6.61 Å². The van der Waals surface area contributed by atoms with Crippen LogP contribution in [-0.4, -0.2) is 29.8 Å². The minimum Gasteiger partial charge on any atom is -0.481 e. The van der Waals surface area contributed by atoms with Gasteiger partial charge in [0.05, 0.1) is 6.42 Å². The first kappa shape index (κ1) is 19.0. The van der Waals surface area contributed by atoms with Crippen molar-refractivity contribution in [2.24, 2.45) is 5.92 Å². The number of carbonyl (C=O) groups is 2. The lowest BCUT2D eigenvalue weighted by Crippen LogP contribution is -2.38. The van der Waals surface area contributed by atoms with Crippen molar-refractivity contribution in [1.82, 2.24) is 5.32 Å². The molecule has 5 heteroatoms. The van der Waals surface area contributed by atoms with Crippen LogP contribution in [0.15, 0.2) is 48.5 Å². The molecular weight excluding hydrogens is 342 g/mol. The maximum atomic E-state index is 12.3. The van der Waals surface area contributed by atoms with Crippen LogP contribution < -0.4 is 5.32 Å². The molecule has 142 valence electrons. The first-order valence-electron chi connectivity index (χ1n) is 9.29. The molecule has 0 radical (unpaired) electrons. The highest BCUT2D eigenvalue weighted by atomic mass is 16.5. The predicted molar refractivity (Wildman–Crippen MR) is 104 cm³/mol. The molecule has 1 aliphatic carbocycles. The van der Waals surface area contributed by atoms with Crippen molar-refractivity contribution in [2.45, 2.75) is 38.6 Å². The lowest BCUT2D eigenvalue weighted by atomic mass is 9.98. The number of aliphatic carboxylic acids is 1. The summed E-state index contributed by atoms with van der Waals surface area (Å²) in [5, 5.41) is 11.7. The van der Waals surface area contributed by atoms with Crippen LogP contribution in [0.2, 0.25) is 0 Å². The minimum atomic E-state index is -0.931. The number of hydrogen-bond donors (Lipinski definition) is 2. The molecule has 2 aromatic rings. The number of carbonyl (C=O) groups excluding carboxylic acids is 1. The summed E-state index contributed by atoms with van der Waals surface area (Å²) in [5.41, 5.74) is 4.64. The van der Waals surface area contributed by atoms with Crippen molar-refractivity contribution in [3.63, 3.8) is 0 Å². The molecule has 2 aromatic carbocycles. The molecule has 1 amide bonds. The lowest BCUT2D eigenvalue weighted by molar-refractivity contribution is -0.137. The Hall–Kier alpha value is -2.82. The highest BCUT2D eigenvalue weighted by molar-refractivity contribution is 5.79. The van der Waals surface area contributed by atoms with Gasteiger partial charge in [0.15, 0.2) is 0 Å². The average Bonchev–Trinajstić information content (AvgIpc) is 2.93. The van der Waals surface area contributed by atoms with Gasteiger partial charge in [-0.1, -0.05) is 62.4 Å². The van der Waals surface area contributed by atoms with Gasteiger partial charge >= 0.3 is 12.1 Å². The SMILES string of the molecule is CC(C)C[C@@H](CC(=O)O)NC(=O)OCC1c2ccccc2-c2ccccc21. The summed E-state index contributed by atoms with van der Waals surface area (Å²) < 4.78 is 5.49. The fourth-order valence-electron chi connectivity index (χ4n) is 3.78. The van der Waals surface area contributed by atoms with Crippen LogP contribution in [0.1, 0.15) is 43.7 Å². The van der Waals surface area contributed by atoms with E-state index >= 15 is 0 Å². The van der Waals surface area contributed by atoms with E-state index in [-0.39, 0.29) is 24.9 Å². The fourth-order valence-corrected chi connectivity index (χ4v) is 3.78. The highest BCUT2D eigenvalue weighted by Gasteiger charge is 2.29. The summed E-state index contributed by atoms with van der Waals surface area (Å²) >= 11 is 0. The standard InChI is InChI=1S/C22H25NO4/c1-14(2)11-15(12-21(24)25)23-22(26)27-13-20-18-9-5-3-7-16(18)17-8-4-6-10-19(17)20/h3-10,14-15,20H,11-13H2,1-2H3,(H,23,26)(H,24,25)/t15-/m0/s1. The lowest BCUT2D eigenvalue weighted by Gasteiger charge is -2.20. The summed E-state index contributed by atoms with van der Waals surface area (Å²) in [6.07, 6.45) is -0.0810. The number of benzene rings is 2. The molecule has 0 bridgehead atoms. The third kappa shape index (κ3) is 4.48. The number of ether oxygens (including phenoxy) is 1. The van der Waals surface area contributed by atoms with E-state index in [0.29, 0.717) is 6.42 Å². The van der Waals surface area contributed by atoms with Gasteiger partial charge in [-0.15, -0.1) is 0 Å². The highest BCUT2D eigenvalue weighted by Crippen LogP contribution is 2.44. The molecule has 1 aliphatic rings. The van der Waals surface area contributed by atoms with E-state index in [1.807, 2.05) is 38.1 Å². The van der Waals surface area contributed by atoms with Gasteiger partial charge in [-0.05, 0) is 34.6 Å². The van der Waals surface area contributed by atoms with E-state index < -0.39 is 18.1 Å². The summed E-state index contributed by atoms with van der Waals surface area (Å²) in [6.45, 7) is 4.21. The zero-order valence-electron chi connectivity index (χ0n) is 15.6. The van der Waals surface area contributed by atoms with Gasteiger partial charge in [0.2, 0.25) is 0 Å². The van der Waals surface area contributed by atoms with E-state index in [2.05, 4.69) is 29.6 Å². The Morgan fingerprint density at radius 1 is 1.04 bits per heavy atom. The number of rotatable bonds is 7. The van der Waals surface area contributed by atoms with E-state index in [0.717, 1.165) is 11.1 Å². The summed E-state index contributed by atoms with van der Waals surface area (Å²) in [4.78, 5) is 23.3. The molecule has 0 aliphatic heterocycles. The fraction of sp³-hybridized carbons (Fsp3) is 0.364. The van der Waals surface area contributed by atoms with Crippen molar-refractivity contribution >= 4 is 12.1 Å². The molecule has 2 N–H and O–H groups in total. The Morgan fingerprint density at radius 2 is 1.59 bits per heavy atom. The van der Waals surface area contributed by atoms with Crippen molar-refractivity contribution in [3.05, 3.63) is 59.7 Å². The molecule has 0 heterocycles. The maximum absolute atomic E-state index is 12.3. The van der Waals surface area contributed by atoms with Crippen LogP contribution in [0.3, 0.4) is 0 Å². The number of amides is 1. The molecule has 1 atom stereocenters. The zero-order valence-corrected chi connectivity index (χ0v) is 15.6. The van der Waals surface area contributed by atoms with E-state index in [1.165, 1.54) is 11.1 Å². The van der Waals surface area contributed by atoms with Crippen LogP contribution >= 0.6 is 0 Å². The topological polar surface area (TPSA) is 75.6 Å². The average molecular weight is 367 g/mol. The molecule has 27 heavy (non-hydrogen) atoms. The summed E-state index contributed by atoms with van der Waals surface area (Å²) in [5.74, 6) is -0.658. The van der Waals surface area contributed by atoms with Crippen LogP contribution in [-0.2, 0) is 9.53 Å². The second-order valence-electron chi connectivity index (χ2n) is 7.39. The quantitative estimate of drug-likeness (QED) is 0.760. The van der Waals surface area contributed by atoms with Crippen LogP contribution in [0.25, 0.3) is 11.1 Å². The number of nitrogens with one attached hydrogen (secondary N) is 1. The third-order valence-corrected chi connectivity index (χ3v) is 4.84. The molecule has 0 saturated carbocycles. The van der Waals surface area contributed by atoms with Crippen molar-refractivity contribution in [1.29, 1.82) is 0 Å². The Balaban J connectivity index is 1.67. The van der Waals surface area contributed by atoms with Gasteiger partial charge in [-0.2, -0.15) is 0 Å². The maximum Gasteiger partial charge on any atom is 0.407 e. The zero-order chi connectivity index (χ0) is 19.4.